The second-order valence-electron chi connectivity index (χ2n) is 6.27. The molecular weight excluding hydrogens is 420 g/mol. The third kappa shape index (κ3) is 4.77. The van der Waals surface area contributed by atoms with Crippen molar-refractivity contribution in [2.24, 2.45) is 0 Å². The van der Waals surface area contributed by atoms with Gasteiger partial charge in [-0.15, -0.1) is 0 Å². The van der Waals surface area contributed by atoms with Gasteiger partial charge in [-0.2, -0.15) is 5.26 Å². The zero-order chi connectivity index (χ0) is 23.3. The van der Waals surface area contributed by atoms with E-state index >= 15 is 0 Å². The number of amides is 1. The summed E-state index contributed by atoms with van der Waals surface area (Å²) in [5.41, 5.74) is -0.0515. The predicted octanol–water partition coefficient (Wildman–Crippen LogP) is 4.32. The number of methoxy groups -OCH3 is 1. The first-order chi connectivity index (χ1) is 15.3. The Morgan fingerprint density at radius 3 is 2.31 bits per heavy atom. The number of benzene rings is 2. The van der Waals surface area contributed by atoms with Crippen molar-refractivity contribution in [3.63, 3.8) is 0 Å². The van der Waals surface area contributed by atoms with Crippen LogP contribution in [0.4, 0.5) is 17.1 Å². The third-order valence-electron chi connectivity index (χ3n) is 4.28. The molecule has 3 aromatic rings. The van der Waals surface area contributed by atoms with E-state index in [1.807, 2.05) is 0 Å². The number of furan rings is 1. The van der Waals surface area contributed by atoms with E-state index in [1.54, 1.807) is 12.1 Å². The number of carbonyl (C=O) groups is 1. The summed E-state index contributed by atoms with van der Waals surface area (Å²) < 4.78 is 10.7. The van der Waals surface area contributed by atoms with Crippen molar-refractivity contribution in [2.45, 2.75) is 0 Å². The van der Waals surface area contributed by atoms with Crippen molar-refractivity contribution in [1.29, 1.82) is 5.26 Å². The van der Waals surface area contributed by atoms with Gasteiger partial charge in [0.25, 0.3) is 17.3 Å². The largest absolute Gasteiger partial charge is 0.495 e. The summed E-state index contributed by atoms with van der Waals surface area (Å²) in [4.78, 5) is 33.1. The summed E-state index contributed by atoms with van der Waals surface area (Å²) in [5, 5.41) is 33.5. The molecule has 0 aliphatic carbocycles. The fraction of sp³-hybridized carbons (Fsp3) is 0.0476. The minimum absolute atomic E-state index is 0.0267. The Kier molecular flexibility index (Phi) is 6.26. The molecule has 160 valence electrons. The number of nitriles is 1. The highest BCUT2D eigenvalue weighted by atomic mass is 16.6. The number of hydrogen-bond acceptors (Lipinski definition) is 8. The Labute approximate surface area is 180 Å². The first-order valence-corrected chi connectivity index (χ1v) is 8.92. The Morgan fingerprint density at radius 1 is 1.06 bits per heavy atom. The van der Waals surface area contributed by atoms with Crippen molar-refractivity contribution in [3.05, 3.63) is 86.2 Å². The van der Waals surface area contributed by atoms with Gasteiger partial charge in [-0.3, -0.25) is 25.0 Å². The highest BCUT2D eigenvalue weighted by molar-refractivity contribution is 6.10. The number of carbonyl (C=O) groups excluding carboxylic acids is 1. The van der Waals surface area contributed by atoms with Gasteiger partial charge in [-0.25, -0.2) is 0 Å². The van der Waals surface area contributed by atoms with Crippen LogP contribution in [0.1, 0.15) is 5.76 Å². The van der Waals surface area contributed by atoms with E-state index in [2.05, 4.69) is 5.32 Å². The number of nitrogens with zero attached hydrogens (tertiary/aromatic N) is 3. The van der Waals surface area contributed by atoms with Gasteiger partial charge >= 0.3 is 0 Å². The first kappa shape index (κ1) is 21.7. The molecular formula is C21H14N4O7. The number of non-ortho nitro benzene ring substituents is 2. The molecule has 11 heteroatoms. The first-order valence-electron chi connectivity index (χ1n) is 8.92. The topological polar surface area (TPSA) is 162 Å². The molecule has 0 radical (unpaired) electrons. The molecule has 0 saturated heterocycles. The fourth-order valence-electron chi connectivity index (χ4n) is 2.72. The maximum atomic E-state index is 12.5. The zero-order valence-electron chi connectivity index (χ0n) is 16.5. The molecule has 0 spiro atoms. The lowest BCUT2D eigenvalue weighted by Crippen LogP contribution is -2.14. The highest BCUT2D eigenvalue weighted by Gasteiger charge is 2.17. The quantitative estimate of drug-likeness (QED) is 0.249. The molecule has 0 unspecified atom stereocenters. The third-order valence-corrected chi connectivity index (χ3v) is 4.28. The number of rotatable bonds is 7. The van der Waals surface area contributed by atoms with Crippen molar-refractivity contribution in [1.82, 2.24) is 0 Å². The van der Waals surface area contributed by atoms with E-state index in [4.69, 9.17) is 9.15 Å². The average molecular weight is 434 g/mol. The van der Waals surface area contributed by atoms with Crippen molar-refractivity contribution in [3.8, 4) is 23.1 Å². The molecule has 2 aromatic carbocycles. The summed E-state index contributed by atoms with van der Waals surface area (Å²) >= 11 is 0. The van der Waals surface area contributed by atoms with Gasteiger partial charge < -0.3 is 14.5 Å². The number of ether oxygens (including phenoxy) is 1. The number of anilines is 1. The van der Waals surface area contributed by atoms with Crippen LogP contribution in [-0.2, 0) is 4.79 Å². The van der Waals surface area contributed by atoms with Crippen LogP contribution in [0, 0.1) is 31.6 Å². The van der Waals surface area contributed by atoms with Crippen LogP contribution in [-0.4, -0.2) is 22.9 Å². The van der Waals surface area contributed by atoms with Gasteiger partial charge in [-0.1, -0.05) is 0 Å². The second-order valence-corrected chi connectivity index (χ2v) is 6.27. The Balaban J connectivity index is 1.83. The second kappa shape index (κ2) is 9.23. The van der Waals surface area contributed by atoms with Gasteiger partial charge in [0, 0.05) is 35.9 Å². The van der Waals surface area contributed by atoms with E-state index in [0.717, 1.165) is 6.07 Å². The van der Waals surface area contributed by atoms with Gasteiger partial charge in [0.1, 0.15) is 28.9 Å². The van der Waals surface area contributed by atoms with E-state index in [9.17, 15) is 30.3 Å². The van der Waals surface area contributed by atoms with Crippen LogP contribution >= 0.6 is 0 Å². The predicted molar refractivity (Wildman–Crippen MR) is 113 cm³/mol. The molecule has 0 aliphatic heterocycles. The van der Waals surface area contributed by atoms with Crippen LogP contribution in [0.5, 0.6) is 5.75 Å². The summed E-state index contributed by atoms with van der Waals surface area (Å²) in [7, 11) is 1.33. The minimum atomic E-state index is -0.820. The lowest BCUT2D eigenvalue weighted by molar-refractivity contribution is -0.385. The molecule has 11 nitrogen and oxygen atoms in total. The van der Waals surface area contributed by atoms with Gasteiger partial charge in [-0.05, 0) is 30.3 Å². The van der Waals surface area contributed by atoms with E-state index in [0.29, 0.717) is 11.3 Å². The maximum absolute atomic E-state index is 12.5. The highest BCUT2D eigenvalue weighted by Crippen LogP contribution is 2.30. The molecule has 0 saturated carbocycles. The van der Waals surface area contributed by atoms with Crippen molar-refractivity contribution < 1.29 is 23.8 Å². The number of nitro benzene ring substituents is 2. The standard InChI is InChI=1S/C21H14N4O7/c1-31-20-8-6-16(25(29)30)11-18(20)23-21(26)14(12-22)10-17-7-9-19(32-17)13-2-4-15(5-3-13)24(27)28/h2-11H,1H3,(H,23,26)/b14-10+. The summed E-state index contributed by atoms with van der Waals surface area (Å²) in [6.45, 7) is 0. The fourth-order valence-corrected chi connectivity index (χ4v) is 2.72. The molecule has 1 aromatic heterocycles. The number of nitro groups is 2. The van der Waals surface area contributed by atoms with E-state index < -0.39 is 15.8 Å². The molecule has 0 fully saturated rings. The lowest BCUT2D eigenvalue weighted by Gasteiger charge is -2.09. The monoisotopic (exact) mass is 434 g/mol. The SMILES string of the molecule is COc1ccc([N+](=O)[O-])cc1NC(=O)/C(C#N)=C/c1ccc(-c2ccc([N+](=O)[O-])cc2)o1. The zero-order valence-corrected chi connectivity index (χ0v) is 16.5. The van der Waals surface area contributed by atoms with Gasteiger partial charge in [0.15, 0.2) is 0 Å². The molecule has 32 heavy (non-hydrogen) atoms. The van der Waals surface area contributed by atoms with Crippen LogP contribution in [0.25, 0.3) is 17.4 Å². The van der Waals surface area contributed by atoms with Gasteiger partial charge in [0.2, 0.25) is 0 Å². The minimum Gasteiger partial charge on any atom is -0.495 e. The smallest absolute Gasteiger partial charge is 0.271 e. The molecule has 1 amide bonds. The normalized spacial score (nSPS) is 10.8. The van der Waals surface area contributed by atoms with Crippen LogP contribution in [0.2, 0.25) is 0 Å². The number of nitrogens with one attached hydrogen (secondary N) is 1. The summed E-state index contributed by atoms with van der Waals surface area (Å²) in [5.74, 6) is -0.0699. The van der Waals surface area contributed by atoms with Crippen molar-refractivity contribution >= 4 is 29.0 Å². The molecule has 0 aliphatic rings. The Morgan fingerprint density at radius 2 is 1.72 bits per heavy atom. The molecule has 3 rings (SSSR count). The number of hydrogen-bond donors (Lipinski definition) is 1. The van der Waals surface area contributed by atoms with Crippen molar-refractivity contribution in [2.75, 3.05) is 12.4 Å². The van der Waals surface area contributed by atoms with Gasteiger partial charge in [0.05, 0.1) is 22.6 Å². The van der Waals surface area contributed by atoms with Crippen LogP contribution in [0.15, 0.2) is 64.6 Å². The maximum Gasteiger partial charge on any atom is 0.271 e. The van der Waals surface area contributed by atoms with E-state index in [1.165, 1.54) is 55.7 Å². The molecule has 0 bridgehead atoms. The molecule has 1 N–H and O–H groups in total. The van der Waals surface area contributed by atoms with Crippen LogP contribution < -0.4 is 10.1 Å². The molecule has 0 atom stereocenters. The summed E-state index contributed by atoms with van der Waals surface area (Å²) in [6.07, 6.45) is 1.20. The van der Waals surface area contributed by atoms with Crippen LogP contribution in [0.3, 0.4) is 0 Å². The Bertz CT molecular complexity index is 1270. The lowest BCUT2D eigenvalue weighted by atomic mass is 10.1. The average Bonchev–Trinajstić information content (AvgIpc) is 3.26. The van der Waals surface area contributed by atoms with E-state index in [-0.39, 0.29) is 34.1 Å². The Hall–Kier alpha value is -4.98. The summed E-state index contributed by atoms with van der Waals surface area (Å²) in [6, 6.07) is 14.2. The molecule has 1 heterocycles.